The number of rotatable bonds is 8. The van der Waals surface area contributed by atoms with Gasteiger partial charge < -0.3 is 24.6 Å². The fourth-order valence-corrected chi connectivity index (χ4v) is 5.25. The Bertz CT molecular complexity index is 708. The number of carbonyl (C=O) groups is 1. The molecule has 0 unspecified atom stereocenters. The van der Waals surface area contributed by atoms with Gasteiger partial charge in [0.1, 0.15) is 18.8 Å². The van der Waals surface area contributed by atoms with Crippen molar-refractivity contribution in [3.8, 4) is 0 Å². The number of piperidine rings is 1. The molecule has 0 aliphatic carbocycles. The molecule has 0 aromatic carbocycles. The first-order valence-electron chi connectivity index (χ1n) is 10.3. The van der Waals surface area contributed by atoms with Crippen LogP contribution in [0.25, 0.3) is 0 Å². The molecule has 3 aliphatic rings. The summed E-state index contributed by atoms with van der Waals surface area (Å²) in [6, 6.07) is 0. The van der Waals surface area contributed by atoms with E-state index in [0.29, 0.717) is 32.0 Å². The summed E-state index contributed by atoms with van der Waals surface area (Å²) in [4.78, 5) is 16.5. The van der Waals surface area contributed by atoms with E-state index >= 15 is 0 Å². The van der Waals surface area contributed by atoms with Crippen molar-refractivity contribution in [2.45, 2.75) is 19.3 Å². The van der Waals surface area contributed by atoms with Gasteiger partial charge in [0.2, 0.25) is 15.8 Å². The lowest BCUT2D eigenvalue weighted by atomic mass is 9.96. The van der Waals surface area contributed by atoms with Crippen molar-refractivity contribution in [3.05, 3.63) is 24.5 Å². The maximum absolute atomic E-state index is 12.5. The predicted octanol–water partition coefficient (Wildman–Crippen LogP) is 0.141. The third-order valence-corrected chi connectivity index (χ3v) is 7.68. The molecule has 0 spiro atoms. The lowest BCUT2D eigenvalue weighted by Gasteiger charge is -2.33. The van der Waals surface area contributed by atoms with Gasteiger partial charge in [0.15, 0.2) is 0 Å². The lowest BCUT2D eigenvalue weighted by molar-refractivity contribution is -0.120. The molecular weight excluding hydrogens is 396 g/mol. The van der Waals surface area contributed by atoms with Gasteiger partial charge in [-0.25, -0.2) is 8.42 Å². The van der Waals surface area contributed by atoms with Crippen LogP contribution in [0.4, 0.5) is 0 Å². The summed E-state index contributed by atoms with van der Waals surface area (Å²) >= 11 is 0. The second kappa shape index (κ2) is 10.4. The lowest BCUT2D eigenvalue weighted by Crippen LogP contribution is -2.48. The molecule has 0 bridgehead atoms. The van der Waals surface area contributed by atoms with Crippen molar-refractivity contribution in [2.24, 2.45) is 5.92 Å². The van der Waals surface area contributed by atoms with Crippen LogP contribution in [0, 0.1) is 5.92 Å². The van der Waals surface area contributed by atoms with Gasteiger partial charge in [0.25, 0.3) is 5.91 Å². The summed E-state index contributed by atoms with van der Waals surface area (Å²) in [5.74, 6) is 0.528. The fraction of sp³-hybridized carbons (Fsp3) is 0.737. The average molecular weight is 429 g/mol. The van der Waals surface area contributed by atoms with Gasteiger partial charge in [-0.15, -0.1) is 0 Å². The molecule has 29 heavy (non-hydrogen) atoms. The molecule has 0 radical (unpaired) electrons. The van der Waals surface area contributed by atoms with E-state index in [1.807, 2.05) is 7.05 Å². The molecular formula is C19H32N4O5S. The smallest absolute Gasteiger partial charge is 0.290 e. The second-order valence-corrected chi connectivity index (χ2v) is 9.96. The van der Waals surface area contributed by atoms with Gasteiger partial charge in [-0.05, 0) is 51.9 Å². The summed E-state index contributed by atoms with van der Waals surface area (Å²) in [6.07, 6.45) is 6.62. The molecule has 0 aromatic heterocycles. The number of hydrogen-bond acceptors (Lipinski definition) is 7. The van der Waals surface area contributed by atoms with Gasteiger partial charge in [0.05, 0.1) is 5.75 Å². The number of ether oxygens (including phenoxy) is 2. The Morgan fingerprint density at radius 1 is 1.14 bits per heavy atom. The molecule has 3 rings (SSSR count). The Morgan fingerprint density at radius 3 is 2.52 bits per heavy atom. The number of nitrogens with zero attached hydrogens (tertiary/aromatic N) is 3. The van der Waals surface area contributed by atoms with Crippen molar-refractivity contribution >= 4 is 15.9 Å². The molecule has 0 atom stereocenters. The molecule has 2 saturated heterocycles. The van der Waals surface area contributed by atoms with Crippen LogP contribution in [0.5, 0.6) is 0 Å². The SMILES string of the molecule is CN1CCN(S(=O)(=O)CCCN2CCC(CNC(=O)C3=COC=CO3)CC2)CC1. The first-order valence-corrected chi connectivity index (χ1v) is 11.9. The second-order valence-electron chi connectivity index (χ2n) is 7.88. The van der Waals surface area contributed by atoms with Gasteiger partial charge in [0, 0.05) is 32.7 Å². The summed E-state index contributed by atoms with van der Waals surface area (Å²) < 4.78 is 36.6. The monoisotopic (exact) mass is 428 g/mol. The van der Waals surface area contributed by atoms with Crippen LogP contribution in [0.3, 0.4) is 0 Å². The first kappa shape index (κ1) is 22.1. The standard InChI is InChI=1S/C19H32N4O5S/c1-21-8-10-23(11-9-21)29(25,26)14-2-5-22-6-3-17(4-7-22)15-20-19(24)18-16-27-12-13-28-18/h12-13,16-17H,2-11,14-15H2,1H3,(H,20,24). The van der Waals surface area contributed by atoms with Crippen LogP contribution in [0.2, 0.25) is 0 Å². The average Bonchev–Trinajstić information content (AvgIpc) is 2.74. The molecule has 1 amide bonds. The third-order valence-electron chi connectivity index (χ3n) is 5.72. The highest BCUT2D eigenvalue weighted by atomic mass is 32.2. The van der Waals surface area contributed by atoms with Gasteiger partial charge in [-0.1, -0.05) is 0 Å². The van der Waals surface area contributed by atoms with Crippen molar-refractivity contribution in [2.75, 3.05) is 65.2 Å². The molecule has 0 saturated carbocycles. The molecule has 2 fully saturated rings. The van der Waals surface area contributed by atoms with Crippen LogP contribution in [-0.2, 0) is 24.3 Å². The molecule has 10 heteroatoms. The van der Waals surface area contributed by atoms with Crippen LogP contribution >= 0.6 is 0 Å². The van der Waals surface area contributed by atoms with E-state index in [0.717, 1.165) is 45.6 Å². The van der Waals surface area contributed by atoms with E-state index in [4.69, 9.17) is 9.47 Å². The number of piperazine rings is 1. The van der Waals surface area contributed by atoms with Crippen LogP contribution < -0.4 is 5.32 Å². The quantitative estimate of drug-likeness (QED) is 0.588. The van der Waals surface area contributed by atoms with Crippen LogP contribution in [0.1, 0.15) is 19.3 Å². The maximum atomic E-state index is 12.5. The zero-order valence-electron chi connectivity index (χ0n) is 17.1. The van der Waals surface area contributed by atoms with E-state index in [1.54, 1.807) is 4.31 Å². The van der Waals surface area contributed by atoms with E-state index < -0.39 is 10.0 Å². The van der Waals surface area contributed by atoms with Crippen LogP contribution in [0.15, 0.2) is 24.5 Å². The summed E-state index contributed by atoms with van der Waals surface area (Å²) in [6.45, 7) is 6.07. The largest absolute Gasteiger partial charge is 0.465 e. The normalized spacial score (nSPS) is 22.6. The molecule has 9 nitrogen and oxygen atoms in total. The molecule has 1 N–H and O–H groups in total. The van der Waals surface area contributed by atoms with Gasteiger partial charge >= 0.3 is 0 Å². The number of likely N-dealkylation sites (N-methyl/N-ethyl adjacent to an activating group) is 1. The van der Waals surface area contributed by atoms with E-state index in [9.17, 15) is 13.2 Å². The number of sulfonamides is 1. The van der Waals surface area contributed by atoms with E-state index in [-0.39, 0.29) is 17.4 Å². The minimum Gasteiger partial charge on any atom is -0.465 e. The number of amides is 1. The topological polar surface area (TPSA) is 91.4 Å². The Labute approximate surface area is 173 Å². The Kier molecular flexibility index (Phi) is 7.93. The number of nitrogens with one attached hydrogen (secondary N) is 1. The van der Waals surface area contributed by atoms with Crippen molar-refractivity contribution < 1.29 is 22.7 Å². The van der Waals surface area contributed by atoms with E-state index in [1.165, 1.54) is 18.8 Å². The minimum atomic E-state index is -3.15. The zero-order valence-corrected chi connectivity index (χ0v) is 17.9. The first-order chi connectivity index (χ1) is 13.9. The summed E-state index contributed by atoms with van der Waals surface area (Å²) in [5.41, 5.74) is 0. The zero-order chi connectivity index (χ0) is 20.7. The van der Waals surface area contributed by atoms with Crippen LogP contribution in [-0.4, -0.2) is 93.6 Å². The summed E-state index contributed by atoms with van der Waals surface area (Å²) in [5, 5.41) is 2.89. The number of carbonyl (C=O) groups excluding carboxylic acids is 1. The van der Waals surface area contributed by atoms with Gasteiger partial charge in [-0.3, -0.25) is 4.79 Å². The predicted molar refractivity (Wildman–Crippen MR) is 109 cm³/mol. The van der Waals surface area contributed by atoms with Crippen molar-refractivity contribution in [3.63, 3.8) is 0 Å². The fourth-order valence-electron chi connectivity index (χ4n) is 3.77. The molecule has 3 heterocycles. The van der Waals surface area contributed by atoms with Crippen molar-refractivity contribution in [1.82, 2.24) is 19.4 Å². The highest BCUT2D eigenvalue weighted by Gasteiger charge is 2.26. The molecule has 164 valence electrons. The number of hydrogen-bond donors (Lipinski definition) is 1. The van der Waals surface area contributed by atoms with Gasteiger partial charge in [-0.2, -0.15) is 4.31 Å². The molecule has 3 aliphatic heterocycles. The number of likely N-dealkylation sites (tertiary alicyclic amines) is 1. The maximum Gasteiger partial charge on any atom is 0.290 e. The third kappa shape index (κ3) is 6.70. The Hall–Kier alpha value is -1.62. The summed E-state index contributed by atoms with van der Waals surface area (Å²) in [7, 11) is -1.13. The highest BCUT2D eigenvalue weighted by Crippen LogP contribution is 2.17. The highest BCUT2D eigenvalue weighted by molar-refractivity contribution is 7.89. The minimum absolute atomic E-state index is 0.159. The van der Waals surface area contributed by atoms with Crippen molar-refractivity contribution in [1.29, 1.82) is 0 Å². The van der Waals surface area contributed by atoms with E-state index in [2.05, 4.69) is 15.1 Å². The Morgan fingerprint density at radius 2 is 1.86 bits per heavy atom. The molecule has 0 aromatic rings. The Balaban J connectivity index is 1.30.